The molecular weight excluding hydrogens is 232 g/mol. The van der Waals surface area contributed by atoms with E-state index in [0.717, 1.165) is 18.7 Å². The lowest BCUT2D eigenvalue weighted by atomic mass is 10.2. The zero-order valence-electron chi connectivity index (χ0n) is 10.4. The van der Waals surface area contributed by atoms with Crippen molar-refractivity contribution in [2.24, 2.45) is 0 Å². The Kier molecular flexibility index (Phi) is 4.17. The Morgan fingerprint density at radius 2 is 2.22 bits per heavy atom. The maximum absolute atomic E-state index is 11.5. The Morgan fingerprint density at radius 1 is 1.50 bits per heavy atom. The monoisotopic (exact) mass is 250 g/mol. The summed E-state index contributed by atoms with van der Waals surface area (Å²) in [5, 5.41) is 11.8. The van der Waals surface area contributed by atoms with Crippen molar-refractivity contribution in [1.82, 2.24) is 10.2 Å². The van der Waals surface area contributed by atoms with E-state index >= 15 is 0 Å². The molecule has 1 aromatic rings. The molecule has 1 amide bonds. The molecule has 0 bridgehead atoms. The average molecular weight is 250 g/mol. The minimum atomic E-state index is -0.388. The number of nitrogens with one attached hydrogen (secondary N) is 1. The number of ether oxygens (including phenoxy) is 1. The van der Waals surface area contributed by atoms with Crippen molar-refractivity contribution in [3.8, 4) is 5.75 Å². The molecule has 1 aliphatic heterocycles. The standard InChI is InChI=1S/C13H18N2O3/c1-14-13(17)12-9-15(6-7-18-12)8-10-2-4-11(16)5-3-10/h2-5,12,16H,6-9H2,1H3,(H,14,17)/t12-/m1/s1. The quantitative estimate of drug-likeness (QED) is 0.812. The molecule has 1 fully saturated rings. The van der Waals surface area contributed by atoms with E-state index in [1.807, 2.05) is 12.1 Å². The first kappa shape index (κ1) is 12.9. The van der Waals surface area contributed by atoms with Gasteiger partial charge in [-0.3, -0.25) is 9.69 Å². The molecule has 1 aliphatic rings. The van der Waals surface area contributed by atoms with E-state index in [1.54, 1.807) is 19.2 Å². The molecule has 0 aromatic heterocycles. The predicted molar refractivity (Wildman–Crippen MR) is 67.2 cm³/mol. The number of aromatic hydroxyl groups is 1. The van der Waals surface area contributed by atoms with Crippen molar-refractivity contribution in [3.63, 3.8) is 0 Å². The Morgan fingerprint density at radius 3 is 2.89 bits per heavy atom. The first-order valence-electron chi connectivity index (χ1n) is 6.02. The van der Waals surface area contributed by atoms with Crippen LogP contribution in [0.2, 0.25) is 0 Å². The minimum absolute atomic E-state index is 0.0783. The molecule has 1 saturated heterocycles. The number of phenolic OH excluding ortho intramolecular Hbond substituents is 1. The van der Waals surface area contributed by atoms with Gasteiger partial charge in [0.05, 0.1) is 6.61 Å². The van der Waals surface area contributed by atoms with Crippen molar-refractivity contribution in [1.29, 1.82) is 0 Å². The van der Waals surface area contributed by atoms with E-state index in [9.17, 15) is 9.90 Å². The van der Waals surface area contributed by atoms with Crippen molar-refractivity contribution in [2.75, 3.05) is 26.7 Å². The summed E-state index contributed by atoms with van der Waals surface area (Å²) >= 11 is 0. The second kappa shape index (κ2) is 5.84. The lowest BCUT2D eigenvalue weighted by Gasteiger charge is -2.31. The zero-order chi connectivity index (χ0) is 13.0. The highest BCUT2D eigenvalue weighted by molar-refractivity contribution is 5.80. The number of carbonyl (C=O) groups is 1. The molecule has 0 spiro atoms. The summed E-state index contributed by atoms with van der Waals surface area (Å²) in [5.41, 5.74) is 1.12. The van der Waals surface area contributed by atoms with Gasteiger partial charge in [-0.1, -0.05) is 12.1 Å². The number of hydrogen-bond donors (Lipinski definition) is 2. The Hall–Kier alpha value is -1.59. The van der Waals surface area contributed by atoms with Gasteiger partial charge in [0.2, 0.25) is 5.91 Å². The zero-order valence-corrected chi connectivity index (χ0v) is 10.4. The van der Waals surface area contributed by atoms with Crippen LogP contribution in [-0.4, -0.2) is 48.8 Å². The third kappa shape index (κ3) is 3.21. The molecule has 0 saturated carbocycles. The third-order valence-corrected chi connectivity index (χ3v) is 3.03. The van der Waals surface area contributed by atoms with Crippen LogP contribution >= 0.6 is 0 Å². The number of morpholine rings is 1. The molecule has 1 aromatic carbocycles. The topological polar surface area (TPSA) is 61.8 Å². The molecule has 0 unspecified atom stereocenters. The molecule has 18 heavy (non-hydrogen) atoms. The summed E-state index contributed by atoms with van der Waals surface area (Å²) in [6.07, 6.45) is -0.388. The van der Waals surface area contributed by atoms with E-state index in [4.69, 9.17) is 4.74 Å². The molecule has 1 atom stereocenters. The van der Waals surface area contributed by atoms with Crippen LogP contribution in [0.5, 0.6) is 5.75 Å². The van der Waals surface area contributed by atoms with Crippen LogP contribution in [0.3, 0.4) is 0 Å². The van der Waals surface area contributed by atoms with Crippen molar-refractivity contribution in [2.45, 2.75) is 12.6 Å². The number of benzene rings is 1. The van der Waals surface area contributed by atoms with Gasteiger partial charge in [-0.2, -0.15) is 0 Å². The minimum Gasteiger partial charge on any atom is -0.508 e. The fourth-order valence-electron chi connectivity index (χ4n) is 2.03. The third-order valence-electron chi connectivity index (χ3n) is 3.03. The molecule has 5 nitrogen and oxygen atoms in total. The highest BCUT2D eigenvalue weighted by atomic mass is 16.5. The van der Waals surface area contributed by atoms with Gasteiger partial charge in [0.15, 0.2) is 0 Å². The molecule has 2 N–H and O–H groups in total. The van der Waals surface area contributed by atoms with Crippen molar-refractivity contribution in [3.05, 3.63) is 29.8 Å². The summed E-state index contributed by atoms with van der Waals surface area (Å²) in [7, 11) is 1.62. The fourth-order valence-corrected chi connectivity index (χ4v) is 2.03. The highest BCUT2D eigenvalue weighted by Crippen LogP contribution is 2.14. The number of nitrogens with zero attached hydrogens (tertiary/aromatic N) is 1. The number of likely N-dealkylation sites (N-methyl/N-ethyl adjacent to an activating group) is 1. The Bertz CT molecular complexity index is 405. The predicted octanol–water partition coefficient (Wildman–Crippen LogP) is 0.339. The lowest BCUT2D eigenvalue weighted by molar-refractivity contribution is -0.138. The molecule has 2 rings (SSSR count). The summed E-state index contributed by atoms with van der Waals surface area (Å²) in [6, 6.07) is 7.12. The number of phenols is 1. The van der Waals surface area contributed by atoms with E-state index in [1.165, 1.54) is 0 Å². The van der Waals surface area contributed by atoms with Crippen LogP contribution in [-0.2, 0) is 16.1 Å². The van der Waals surface area contributed by atoms with E-state index < -0.39 is 0 Å². The normalized spacial score (nSPS) is 20.6. The molecule has 98 valence electrons. The maximum Gasteiger partial charge on any atom is 0.250 e. The summed E-state index contributed by atoms with van der Waals surface area (Å²) in [5.74, 6) is 0.189. The Labute approximate surface area is 106 Å². The maximum atomic E-state index is 11.5. The molecular formula is C13H18N2O3. The van der Waals surface area contributed by atoms with Gasteiger partial charge in [0, 0.05) is 26.7 Å². The van der Waals surface area contributed by atoms with Gasteiger partial charge in [0.25, 0.3) is 0 Å². The van der Waals surface area contributed by atoms with Crippen molar-refractivity contribution < 1.29 is 14.6 Å². The average Bonchev–Trinajstić information content (AvgIpc) is 2.41. The highest BCUT2D eigenvalue weighted by Gasteiger charge is 2.25. The van der Waals surface area contributed by atoms with Gasteiger partial charge in [0.1, 0.15) is 11.9 Å². The first-order chi connectivity index (χ1) is 8.69. The molecule has 5 heteroatoms. The molecule has 1 heterocycles. The van der Waals surface area contributed by atoms with E-state index in [0.29, 0.717) is 13.2 Å². The van der Waals surface area contributed by atoms with Gasteiger partial charge >= 0.3 is 0 Å². The molecule has 0 aliphatic carbocycles. The van der Waals surface area contributed by atoms with Crippen molar-refractivity contribution >= 4 is 5.91 Å². The lowest BCUT2D eigenvalue weighted by Crippen LogP contribution is -2.48. The Balaban J connectivity index is 1.93. The van der Waals surface area contributed by atoms with Crippen LogP contribution in [0.4, 0.5) is 0 Å². The van der Waals surface area contributed by atoms with Gasteiger partial charge in [-0.15, -0.1) is 0 Å². The smallest absolute Gasteiger partial charge is 0.250 e. The van der Waals surface area contributed by atoms with Crippen LogP contribution in [0.25, 0.3) is 0 Å². The van der Waals surface area contributed by atoms with Crippen LogP contribution in [0.1, 0.15) is 5.56 Å². The van der Waals surface area contributed by atoms with Gasteiger partial charge in [-0.05, 0) is 17.7 Å². The van der Waals surface area contributed by atoms with Crippen LogP contribution < -0.4 is 5.32 Å². The van der Waals surface area contributed by atoms with Gasteiger partial charge < -0.3 is 15.2 Å². The van der Waals surface area contributed by atoms with Gasteiger partial charge in [-0.25, -0.2) is 0 Å². The largest absolute Gasteiger partial charge is 0.508 e. The van der Waals surface area contributed by atoms with Crippen LogP contribution in [0.15, 0.2) is 24.3 Å². The summed E-state index contributed by atoms with van der Waals surface area (Å²) < 4.78 is 5.42. The number of amides is 1. The number of rotatable bonds is 3. The van der Waals surface area contributed by atoms with E-state index in [2.05, 4.69) is 10.2 Å². The van der Waals surface area contributed by atoms with E-state index in [-0.39, 0.29) is 17.8 Å². The molecule has 0 radical (unpaired) electrons. The number of hydrogen-bond acceptors (Lipinski definition) is 4. The number of carbonyl (C=O) groups excluding carboxylic acids is 1. The summed E-state index contributed by atoms with van der Waals surface area (Å²) in [6.45, 7) is 2.74. The fraction of sp³-hybridized carbons (Fsp3) is 0.462. The first-order valence-corrected chi connectivity index (χ1v) is 6.02. The second-order valence-electron chi connectivity index (χ2n) is 4.38. The van der Waals surface area contributed by atoms with Crippen LogP contribution in [0, 0.1) is 0 Å². The summed E-state index contributed by atoms with van der Waals surface area (Å²) in [4.78, 5) is 13.7. The second-order valence-corrected chi connectivity index (χ2v) is 4.38. The SMILES string of the molecule is CNC(=O)[C@H]1CN(Cc2ccc(O)cc2)CCO1.